The number of rotatable bonds is 8. The number of carboxylic acid groups (broad SMARTS) is 1. The lowest BCUT2D eigenvalue weighted by atomic mass is 9.89. The lowest BCUT2D eigenvalue weighted by Crippen LogP contribution is -2.44. The van der Waals surface area contributed by atoms with Gasteiger partial charge in [0.1, 0.15) is 29.2 Å². The van der Waals surface area contributed by atoms with Crippen molar-refractivity contribution in [3.8, 4) is 28.4 Å². The SMILES string of the molecule is Cc1cc(OCC2(C)COC2)cc(C)c1-c1c(F)ccc2c1CC[C@H]2Oc1ccc2c(c1)OCC2CC(=O)O. The van der Waals surface area contributed by atoms with Gasteiger partial charge in [0.2, 0.25) is 0 Å². The molecule has 204 valence electrons. The molecule has 6 rings (SSSR count). The Morgan fingerprint density at radius 1 is 1.05 bits per heavy atom. The summed E-state index contributed by atoms with van der Waals surface area (Å²) in [6.45, 7) is 8.52. The van der Waals surface area contributed by atoms with Crippen molar-refractivity contribution in [3.63, 3.8) is 0 Å². The van der Waals surface area contributed by atoms with E-state index >= 15 is 4.39 Å². The van der Waals surface area contributed by atoms with Crippen LogP contribution in [-0.2, 0) is 16.0 Å². The number of aryl methyl sites for hydroxylation is 2. The molecule has 0 aromatic heterocycles. The van der Waals surface area contributed by atoms with Gasteiger partial charge in [-0.3, -0.25) is 4.79 Å². The van der Waals surface area contributed by atoms with Crippen molar-refractivity contribution >= 4 is 5.97 Å². The van der Waals surface area contributed by atoms with Gasteiger partial charge in [0.05, 0.1) is 32.8 Å². The number of carbonyl (C=O) groups is 1. The lowest BCUT2D eigenvalue weighted by Gasteiger charge is -2.37. The number of hydrogen-bond acceptors (Lipinski definition) is 5. The molecule has 1 fully saturated rings. The number of benzene rings is 3. The van der Waals surface area contributed by atoms with Crippen LogP contribution in [0.15, 0.2) is 42.5 Å². The monoisotopic (exact) mass is 532 g/mol. The maximum atomic E-state index is 15.4. The van der Waals surface area contributed by atoms with E-state index in [0.717, 1.165) is 45.6 Å². The highest BCUT2D eigenvalue weighted by Crippen LogP contribution is 2.45. The van der Waals surface area contributed by atoms with E-state index in [1.807, 2.05) is 50.2 Å². The first kappa shape index (κ1) is 25.7. The third-order valence-electron chi connectivity index (χ3n) is 8.11. The molecule has 0 amide bonds. The predicted molar refractivity (Wildman–Crippen MR) is 144 cm³/mol. The van der Waals surface area contributed by atoms with Gasteiger partial charge in [-0.05, 0) is 78.8 Å². The highest BCUT2D eigenvalue weighted by molar-refractivity contribution is 5.77. The highest BCUT2D eigenvalue weighted by atomic mass is 19.1. The van der Waals surface area contributed by atoms with Crippen molar-refractivity contribution in [1.29, 1.82) is 0 Å². The first-order valence-electron chi connectivity index (χ1n) is 13.5. The van der Waals surface area contributed by atoms with Crippen LogP contribution < -0.4 is 14.2 Å². The van der Waals surface area contributed by atoms with Gasteiger partial charge in [0.15, 0.2) is 0 Å². The normalized spacial score (nSPS) is 20.5. The van der Waals surface area contributed by atoms with Crippen LogP contribution in [0.4, 0.5) is 4.39 Å². The van der Waals surface area contributed by atoms with Crippen molar-refractivity contribution < 1.29 is 33.2 Å². The molecule has 1 aliphatic carbocycles. The molecular formula is C32H33FO6. The summed E-state index contributed by atoms with van der Waals surface area (Å²) in [4.78, 5) is 11.2. The lowest BCUT2D eigenvalue weighted by molar-refractivity contribution is -0.137. The summed E-state index contributed by atoms with van der Waals surface area (Å²) in [6.07, 6.45) is 1.29. The van der Waals surface area contributed by atoms with E-state index in [4.69, 9.17) is 24.1 Å². The average molecular weight is 533 g/mol. The molecule has 3 aliphatic rings. The third kappa shape index (κ3) is 4.84. The van der Waals surface area contributed by atoms with E-state index in [1.54, 1.807) is 6.07 Å². The van der Waals surface area contributed by atoms with Crippen molar-refractivity contribution in [2.24, 2.45) is 5.41 Å². The minimum absolute atomic E-state index is 0.0395. The molecule has 1 saturated heterocycles. The summed E-state index contributed by atoms with van der Waals surface area (Å²) in [6, 6.07) is 13.0. The fourth-order valence-corrected chi connectivity index (χ4v) is 6.10. The topological polar surface area (TPSA) is 74.2 Å². The second-order valence-electron chi connectivity index (χ2n) is 11.5. The molecule has 2 aliphatic heterocycles. The Kier molecular flexibility index (Phi) is 6.50. The van der Waals surface area contributed by atoms with E-state index in [9.17, 15) is 4.79 Å². The molecule has 0 bridgehead atoms. The summed E-state index contributed by atoms with van der Waals surface area (Å²) in [5, 5.41) is 9.16. The van der Waals surface area contributed by atoms with Crippen LogP contribution in [-0.4, -0.2) is 37.5 Å². The minimum atomic E-state index is -0.840. The summed E-state index contributed by atoms with van der Waals surface area (Å²) in [7, 11) is 0. The number of carboxylic acids is 1. The van der Waals surface area contributed by atoms with E-state index < -0.39 is 5.97 Å². The Labute approximate surface area is 227 Å². The number of ether oxygens (including phenoxy) is 4. The van der Waals surface area contributed by atoms with Crippen molar-refractivity contribution in [3.05, 3.63) is 76.1 Å². The fourth-order valence-electron chi connectivity index (χ4n) is 6.10. The third-order valence-corrected chi connectivity index (χ3v) is 8.11. The molecule has 6 nitrogen and oxygen atoms in total. The van der Waals surface area contributed by atoms with E-state index in [2.05, 4.69) is 6.92 Å². The van der Waals surface area contributed by atoms with Crippen molar-refractivity contribution in [2.75, 3.05) is 26.4 Å². The zero-order valence-electron chi connectivity index (χ0n) is 22.5. The molecule has 0 spiro atoms. The molecule has 2 atom stereocenters. The van der Waals surface area contributed by atoms with Crippen LogP contribution >= 0.6 is 0 Å². The van der Waals surface area contributed by atoms with Gasteiger partial charge in [-0.2, -0.15) is 0 Å². The Morgan fingerprint density at radius 2 is 1.79 bits per heavy atom. The molecule has 7 heteroatoms. The molecule has 2 heterocycles. The van der Waals surface area contributed by atoms with E-state index in [-0.39, 0.29) is 29.7 Å². The maximum absolute atomic E-state index is 15.4. The van der Waals surface area contributed by atoms with Crippen LogP contribution in [0.2, 0.25) is 0 Å². The van der Waals surface area contributed by atoms with Crippen LogP contribution in [0.3, 0.4) is 0 Å². The predicted octanol–water partition coefficient (Wildman–Crippen LogP) is 6.54. The smallest absolute Gasteiger partial charge is 0.304 e. The zero-order chi connectivity index (χ0) is 27.3. The maximum Gasteiger partial charge on any atom is 0.304 e. The molecule has 1 unspecified atom stereocenters. The van der Waals surface area contributed by atoms with Gasteiger partial charge in [-0.25, -0.2) is 4.39 Å². The van der Waals surface area contributed by atoms with Gasteiger partial charge >= 0.3 is 5.97 Å². The van der Waals surface area contributed by atoms with Gasteiger partial charge in [-0.1, -0.05) is 19.1 Å². The Morgan fingerprint density at radius 3 is 2.49 bits per heavy atom. The Bertz CT molecular complexity index is 1420. The standard InChI is InChI=1S/C32H33FO6/c1-18-10-22(38-17-32(3)15-36-16-32)11-19(2)30(18)31-25-7-9-27(24(25)6-8-26(31)33)39-21-4-5-23-20(12-29(34)35)14-37-28(23)13-21/h4-6,8,10-11,13,20,27H,7,9,12,14-17H2,1-3H3,(H,34,35)/t20?,27-/m1/s1. The van der Waals surface area contributed by atoms with Crippen LogP contribution in [0.25, 0.3) is 11.1 Å². The molecule has 0 radical (unpaired) electrons. The zero-order valence-corrected chi connectivity index (χ0v) is 22.5. The van der Waals surface area contributed by atoms with Crippen LogP contribution in [0, 0.1) is 25.1 Å². The first-order chi connectivity index (χ1) is 18.7. The molecule has 3 aromatic rings. The Balaban J connectivity index is 1.25. The molecule has 1 N–H and O–H groups in total. The number of fused-ring (bicyclic) bond motifs is 2. The number of hydrogen-bond donors (Lipinski definition) is 1. The summed E-state index contributed by atoms with van der Waals surface area (Å²) >= 11 is 0. The second-order valence-corrected chi connectivity index (χ2v) is 11.5. The average Bonchev–Trinajstić information content (AvgIpc) is 3.46. The Hall–Kier alpha value is -3.58. The second kappa shape index (κ2) is 9.87. The summed E-state index contributed by atoms with van der Waals surface area (Å²) in [5.74, 6) is 0.900. The molecule has 3 aromatic carbocycles. The highest BCUT2D eigenvalue weighted by Gasteiger charge is 2.35. The van der Waals surface area contributed by atoms with Gasteiger partial charge in [-0.15, -0.1) is 0 Å². The fraction of sp³-hybridized carbons (Fsp3) is 0.406. The van der Waals surface area contributed by atoms with Crippen molar-refractivity contribution in [2.45, 2.75) is 52.1 Å². The largest absolute Gasteiger partial charge is 0.493 e. The summed E-state index contributed by atoms with van der Waals surface area (Å²) < 4.78 is 39.0. The first-order valence-corrected chi connectivity index (χ1v) is 13.5. The molecule has 0 saturated carbocycles. The van der Waals surface area contributed by atoms with Gasteiger partial charge in [0, 0.05) is 28.5 Å². The molecule has 39 heavy (non-hydrogen) atoms. The van der Waals surface area contributed by atoms with Gasteiger partial charge < -0.3 is 24.1 Å². The van der Waals surface area contributed by atoms with Crippen LogP contribution in [0.1, 0.15) is 59.6 Å². The number of aliphatic carboxylic acids is 1. The number of halogens is 1. The van der Waals surface area contributed by atoms with Crippen molar-refractivity contribution in [1.82, 2.24) is 0 Å². The van der Waals surface area contributed by atoms with Gasteiger partial charge in [0.25, 0.3) is 0 Å². The van der Waals surface area contributed by atoms with Crippen LogP contribution in [0.5, 0.6) is 17.2 Å². The molecular weight excluding hydrogens is 499 g/mol. The summed E-state index contributed by atoms with van der Waals surface area (Å²) in [5.41, 5.74) is 6.43. The van der Waals surface area contributed by atoms with E-state index in [0.29, 0.717) is 49.9 Å². The van der Waals surface area contributed by atoms with E-state index in [1.165, 1.54) is 0 Å². The minimum Gasteiger partial charge on any atom is -0.493 e. The quantitative estimate of drug-likeness (QED) is 0.355.